The van der Waals surface area contributed by atoms with E-state index in [1.165, 1.54) is 0 Å². The van der Waals surface area contributed by atoms with Crippen LogP contribution in [-0.2, 0) is 0 Å². The van der Waals surface area contributed by atoms with Crippen LogP contribution in [0.4, 0.5) is 0 Å². The first-order valence-electron chi connectivity index (χ1n) is 7.11. The van der Waals surface area contributed by atoms with Gasteiger partial charge < -0.3 is 4.90 Å². The zero-order valence-corrected chi connectivity index (χ0v) is 13.2. The molecule has 0 saturated heterocycles. The number of rotatable bonds is 4. The van der Waals surface area contributed by atoms with Crippen LogP contribution in [0.2, 0.25) is 5.02 Å². The summed E-state index contributed by atoms with van der Waals surface area (Å²) in [6.45, 7) is 0. The summed E-state index contributed by atoms with van der Waals surface area (Å²) in [6.07, 6.45) is 11.2. The molecule has 0 saturated carbocycles. The van der Waals surface area contributed by atoms with Gasteiger partial charge in [-0.25, -0.2) is 0 Å². The minimum absolute atomic E-state index is 0.0434. The number of allylic oxidation sites excluding steroid dienone is 5. The van der Waals surface area contributed by atoms with E-state index in [0.717, 1.165) is 30.4 Å². The molecule has 0 heterocycles. The van der Waals surface area contributed by atoms with Crippen molar-refractivity contribution in [2.24, 2.45) is 0 Å². The van der Waals surface area contributed by atoms with Crippen molar-refractivity contribution in [2.75, 3.05) is 14.1 Å². The van der Waals surface area contributed by atoms with E-state index in [-0.39, 0.29) is 5.78 Å². The minimum Gasteiger partial charge on any atom is -0.383 e. The van der Waals surface area contributed by atoms with Crippen LogP contribution >= 0.6 is 11.6 Å². The lowest BCUT2D eigenvalue weighted by Crippen LogP contribution is -2.11. The number of hydrogen-bond donors (Lipinski definition) is 0. The Balaban J connectivity index is 2.36. The van der Waals surface area contributed by atoms with Crippen LogP contribution in [0.5, 0.6) is 0 Å². The average Bonchev–Trinajstić information content (AvgIpc) is 2.73. The SMILES string of the molecule is CN(C)/C=C(/C(=O)c1ccc(Cl)cc1)C1=CCCC=CC1. The Morgan fingerprint density at radius 3 is 2.52 bits per heavy atom. The Bertz CT molecular complexity index is 594. The van der Waals surface area contributed by atoms with E-state index >= 15 is 0 Å². The second kappa shape index (κ2) is 7.28. The van der Waals surface area contributed by atoms with Gasteiger partial charge in [0.2, 0.25) is 0 Å². The van der Waals surface area contributed by atoms with Gasteiger partial charge in [-0.2, -0.15) is 0 Å². The van der Waals surface area contributed by atoms with Gasteiger partial charge in [0.25, 0.3) is 0 Å². The fourth-order valence-corrected chi connectivity index (χ4v) is 2.41. The van der Waals surface area contributed by atoms with Crippen molar-refractivity contribution >= 4 is 17.4 Å². The Morgan fingerprint density at radius 1 is 1.14 bits per heavy atom. The van der Waals surface area contributed by atoms with Gasteiger partial charge >= 0.3 is 0 Å². The third-order valence-corrected chi connectivity index (χ3v) is 3.56. The molecule has 0 bridgehead atoms. The highest BCUT2D eigenvalue weighted by atomic mass is 35.5. The highest BCUT2D eigenvalue weighted by molar-refractivity contribution is 6.30. The normalized spacial score (nSPS) is 15.4. The first-order chi connectivity index (χ1) is 10.1. The topological polar surface area (TPSA) is 20.3 Å². The predicted molar refractivity (Wildman–Crippen MR) is 88.6 cm³/mol. The first kappa shape index (κ1) is 15.6. The van der Waals surface area contributed by atoms with Crippen molar-refractivity contribution in [3.05, 3.63) is 70.4 Å². The van der Waals surface area contributed by atoms with Gasteiger partial charge in [-0.1, -0.05) is 29.8 Å². The summed E-state index contributed by atoms with van der Waals surface area (Å²) in [5.41, 5.74) is 2.52. The number of benzene rings is 1. The molecular formula is C18H20ClNO. The van der Waals surface area contributed by atoms with Crippen LogP contribution in [0.3, 0.4) is 0 Å². The second-order valence-electron chi connectivity index (χ2n) is 5.32. The molecular weight excluding hydrogens is 282 g/mol. The molecule has 2 rings (SSSR count). The van der Waals surface area contributed by atoms with E-state index in [0.29, 0.717) is 10.6 Å². The molecule has 0 aromatic heterocycles. The van der Waals surface area contributed by atoms with E-state index in [1.54, 1.807) is 24.3 Å². The Labute approximate surface area is 131 Å². The van der Waals surface area contributed by atoms with Gasteiger partial charge in [-0.15, -0.1) is 0 Å². The number of nitrogens with zero attached hydrogens (tertiary/aromatic N) is 1. The predicted octanol–water partition coefficient (Wildman–Crippen LogP) is 4.63. The average molecular weight is 302 g/mol. The van der Waals surface area contributed by atoms with Crippen LogP contribution in [0.15, 0.2) is 59.8 Å². The summed E-state index contributed by atoms with van der Waals surface area (Å²) in [7, 11) is 3.87. The monoisotopic (exact) mass is 301 g/mol. The molecule has 0 N–H and O–H groups in total. The van der Waals surface area contributed by atoms with E-state index in [4.69, 9.17) is 11.6 Å². The summed E-state index contributed by atoms with van der Waals surface area (Å²) in [5.74, 6) is 0.0434. The Morgan fingerprint density at radius 2 is 1.86 bits per heavy atom. The fourth-order valence-electron chi connectivity index (χ4n) is 2.29. The van der Waals surface area contributed by atoms with Crippen molar-refractivity contribution < 1.29 is 4.79 Å². The highest BCUT2D eigenvalue weighted by Crippen LogP contribution is 2.24. The standard InChI is InChI=1S/C18H20ClNO/c1-20(2)13-17(14-7-5-3-4-6-8-14)18(21)15-9-11-16(19)12-10-15/h3,5,8-13H,4,6-7H2,1-2H3/b17-13+. The molecule has 1 aromatic rings. The van der Waals surface area contributed by atoms with E-state index < -0.39 is 0 Å². The summed E-state index contributed by atoms with van der Waals surface area (Å²) >= 11 is 5.90. The molecule has 1 aliphatic rings. The third kappa shape index (κ3) is 4.33. The number of hydrogen-bond acceptors (Lipinski definition) is 2. The van der Waals surface area contributed by atoms with Gasteiger partial charge in [0.15, 0.2) is 5.78 Å². The zero-order chi connectivity index (χ0) is 15.2. The largest absolute Gasteiger partial charge is 0.383 e. The maximum absolute atomic E-state index is 12.8. The second-order valence-corrected chi connectivity index (χ2v) is 5.76. The van der Waals surface area contributed by atoms with Gasteiger partial charge in [-0.3, -0.25) is 4.79 Å². The van der Waals surface area contributed by atoms with Gasteiger partial charge in [0.1, 0.15) is 0 Å². The highest BCUT2D eigenvalue weighted by Gasteiger charge is 2.17. The quantitative estimate of drug-likeness (QED) is 0.459. The molecule has 110 valence electrons. The van der Waals surface area contributed by atoms with Crippen LogP contribution in [0, 0.1) is 0 Å². The number of halogens is 1. The maximum Gasteiger partial charge on any atom is 0.194 e. The van der Waals surface area contributed by atoms with Crippen molar-refractivity contribution in [2.45, 2.75) is 19.3 Å². The molecule has 0 spiro atoms. The lowest BCUT2D eigenvalue weighted by atomic mass is 9.95. The molecule has 0 fully saturated rings. The Kier molecular flexibility index (Phi) is 5.40. The van der Waals surface area contributed by atoms with Crippen molar-refractivity contribution in [1.82, 2.24) is 4.90 Å². The van der Waals surface area contributed by atoms with Gasteiger partial charge in [0.05, 0.1) is 0 Å². The summed E-state index contributed by atoms with van der Waals surface area (Å²) in [5, 5.41) is 0.640. The first-order valence-corrected chi connectivity index (χ1v) is 7.48. The molecule has 1 aliphatic carbocycles. The smallest absolute Gasteiger partial charge is 0.194 e. The number of carbonyl (C=O) groups is 1. The zero-order valence-electron chi connectivity index (χ0n) is 12.5. The Hall–Kier alpha value is -1.80. The lowest BCUT2D eigenvalue weighted by molar-refractivity contribution is 0.103. The van der Waals surface area contributed by atoms with E-state index in [9.17, 15) is 4.79 Å². The molecule has 2 nitrogen and oxygen atoms in total. The number of Topliss-reactive ketones (excluding diaryl/α,β-unsaturated/α-hetero) is 1. The molecule has 0 amide bonds. The molecule has 0 unspecified atom stereocenters. The fraction of sp³-hybridized carbons (Fsp3) is 0.278. The van der Waals surface area contributed by atoms with Crippen molar-refractivity contribution in [3.8, 4) is 0 Å². The molecule has 0 atom stereocenters. The number of carbonyl (C=O) groups excluding carboxylic acids is 1. The van der Waals surface area contributed by atoms with Gasteiger partial charge in [0, 0.05) is 36.5 Å². The molecule has 3 heteroatoms. The number of ketones is 1. The van der Waals surface area contributed by atoms with E-state index in [2.05, 4.69) is 18.2 Å². The van der Waals surface area contributed by atoms with Crippen molar-refractivity contribution in [3.63, 3.8) is 0 Å². The van der Waals surface area contributed by atoms with E-state index in [1.807, 2.05) is 25.2 Å². The summed E-state index contributed by atoms with van der Waals surface area (Å²) in [4.78, 5) is 14.7. The van der Waals surface area contributed by atoms with Gasteiger partial charge in [-0.05, 0) is 49.1 Å². The third-order valence-electron chi connectivity index (χ3n) is 3.31. The van der Waals surface area contributed by atoms with Crippen LogP contribution < -0.4 is 0 Å². The lowest BCUT2D eigenvalue weighted by Gasteiger charge is -2.14. The van der Waals surface area contributed by atoms with Crippen LogP contribution in [0.1, 0.15) is 29.6 Å². The molecule has 1 aromatic carbocycles. The van der Waals surface area contributed by atoms with Crippen LogP contribution in [0.25, 0.3) is 0 Å². The summed E-state index contributed by atoms with van der Waals surface area (Å²) in [6, 6.07) is 7.06. The maximum atomic E-state index is 12.8. The van der Waals surface area contributed by atoms with Crippen LogP contribution in [-0.4, -0.2) is 24.8 Å². The minimum atomic E-state index is 0.0434. The molecule has 0 radical (unpaired) electrons. The molecule has 0 aliphatic heterocycles. The molecule has 21 heavy (non-hydrogen) atoms. The van der Waals surface area contributed by atoms with Crippen molar-refractivity contribution in [1.29, 1.82) is 0 Å². The summed E-state index contributed by atoms with van der Waals surface area (Å²) < 4.78 is 0.